The predicted octanol–water partition coefficient (Wildman–Crippen LogP) is 3.32. The molecule has 1 nitrogen and oxygen atoms in total. The van der Waals surface area contributed by atoms with Gasteiger partial charge in [0.2, 0.25) is 0 Å². The second kappa shape index (κ2) is 2.36. The lowest BCUT2D eigenvalue weighted by molar-refractivity contribution is 1.49. The first-order chi connectivity index (χ1) is 6.45. The summed E-state index contributed by atoms with van der Waals surface area (Å²) in [5.41, 5.74) is 1.23. The van der Waals surface area contributed by atoms with E-state index in [9.17, 15) is 0 Å². The van der Waals surface area contributed by atoms with E-state index in [2.05, 4.69) is 47.4 Å². The van der Waals surface area contributed by atoms with Crippen molar-refractivity contribution in [1.29, 1.82) is 0 Å². The van der Waals surface area contributed by atoms with E-state index in [0.29, 0.717) is 0 Å². The first kappa shape index (κ1) is 6.72. The molecule has 1 N–H and O–H groups in total. The minimum Gasteiger partial charge on any atom is -0.361 e. The van der Waals surface area contributed by atoms with Crippen LogP contribution in [0.25, 0.3) is 21.7 Å². The fourth-order valence-corrected chi connectivity index (χ4v) is 1.80. The van der Waals surface area contributed by atoms with E-state index in [1.54, 1.807) is 0 Å². The Hall–Kier alpha value is -1.76. The van der Waals surface area contributed by atoms with E-state index in [0.717, 1.165) is 0 Å². The summed E-state index contributed by atoms with van der Waals surface area (Å²) in [7, 11) is 0. The van der Waals surface area contributed by atoms with E-state index in [-0.39, 0.29) is 0 Å². The lowest BCUT2D eigenvalue weighted by Gasteiger charge is -1.97. The summed E-state index contributed by atoms with van der Waals surface area (Å²) < 4.78 is 0. The predicted molar refractivity (Wildman–Crippen MR) is 55.8 cm³/mol. The number of H-pyrrole nitrogens is 1. The van der Waals surface area contributed by atoms with Crippen molar-refractivity contribution in [2.45, 2.75) is 0 Å². The number of hydrogen-bond acceptors (Lipinski definition) is 0. The molecule has 1 heterocycles. The third-order valence-corrected chi connectivity index (χ3v) is 2.45. The van der Waals surface area contributed by atoms with E-state index in [1.807, 2.05) is 6.20 Å². The van der Waals surface area contributed by atoms with Gasteiger partial charge in [0, 0.05) is 17.0 Å². The largest absolute Gasteiger partial charge is 0.361 e. The minimum atomic E-state index is 1.23. The minimum absolute atomic E-state index is 1.23. The summed E-state index contributed by atoms with van der Waals surface area (Å²) in [4.78, 5) is 3.26. The molecule has 0 saturated heterocycles. The summed E-state index contributed by atoms with van der Waals surface area (Å²) in [6.07, 6.45) is 1.98. The summed E-state index contributed by atoms with van der Waals surface area (Å²) in [5.74, 6) is 0. The molecular formula is C12H9N. The zero-order chi connectivity index (χ0) is 8.67. The zero-order valence-corrected chi connectivity index (χ0v) is 7.12. The Bertz CT molecular complexity index is 563. The van der Waals surface area contributed by atoms with E-state index < -0.39 is 0 Å². The van der Waals surface area contributed by atoms with Gasteiger partial charge in [0.25, 0.3) is 0 Å². The van der Waals surface area contributed by atoms with Crippen molar-refractivity contribution in [3.05, 3.63) is 48.7 Å². The quantitative estimate of drug-likeness (QED) is 0.528. The van der Waals surface area contributed by atoms with E-state index >= 15 is 0 Å². The topological polar surface area (TPSA) is 15.8 Å². The molecule has 0 aliphatic carbocycles. The Balaban J connectivity index is 2.65. The van der Waals surface area contributed by atoms with Gasteiger partial charge in [-0.15, -0.1) is 0 Å². The molecule has 0 aliphatic heterocycles. The fraction of sp³-hybridized carbons (Fsp3) is 0. The molecule has 3 rings (SSSR count). The first-order valence-corrected chi connectivity index (χ1v) is 4.40. The van der Waals surface area contributed by atoms with Crippen molar-refractivity contribution < 1.29 is 0 Å². The molecular weight excluding hydrogens is 158 g/mol. The third kappa shape index (κ3) is 0.872. The van der Waals surface area contributed by atoms with Crippen LogP contribution in [-0.4, -0.2) is 4.98 Å². The molecule has 0 atom stereocenters. The van der Waals surface area contributed by atoms with E-state index in [1.165, 1.54) is 21.7 Å². The maximum absolute atomic E-state index is 3.26. The van der Waals surface area contributed by atoms with Crippen molar-refractivity contribution in [3.8, 4) is 0 Å². The molecule has 0 radical (unpaired) electrons. The Labute approximate surface area is 76.0 Å². The van der Waals surface area contributed by atoms with Crippen LogP contribution in [0.2, 0.25) is 0 Å². The van der Waals surface area contributed by atoms with E-state index in [4.69, 9.17) is 0 Å². The smallest absolute Gasteiger partial charge is 0.0533 e. The van der Waals surface area contributed by atoms with Gasteiger partial charge >= 0.3 is 0 Å². The summed E-state index contributed by atoms with van der Waals surface area (Å²) >= 11 is 0. The molecule has 3 aromatic rings. The molecule has 0 saturated carbocycles. The van der Waals surface area contributed by atoms with Gasteiger partial charge in [-0.2, -0.15) is 0 Å². The van der Waals surface area contributed by atoms with Crippen LogP contribution in [0.3, 0.4) is 0 Å². The highest BCUT2D eigenvalue weighted by Gasteiger charge is 1.98. The molecule has 1 aromatic heterocycles. The zero-order valence-electron chi connectivity index (χ0n) is 7.12. The average Bonchev–Trinajstić information content (AvgIpc) is 2.65. The van der Waals surface area contributed by atoms with Crippen molar-refractivity contribution >= 4 is 21.7 Å². The molecule has 0 amide bonds. The first-order valence-electron chi connectivity index (χ1n) is 4.40. The number of benzene rings is 2. The second-order valence-electron chi connectivity index (χ2n) is 3.23. The SMILES string of the molecule is c1ccc2c(c1)ccc1cc[nH]c12. The maximum Gasteiger partial charge on any atom is 0.0533 e. The van der Waals surface area contributed by atoms with Crippen LogP contribution < -0.4 is 0 Å². The summed E-state index contributed by atoms with van der Waals surface area (Å²) in [6, 6.07) is 14.8. The van der Waals surface area contributed by atoms with Gasteiger partial charge in [0.15, 0.2) is 0 Å². The highest BCUT2D eigenvalue weighted by Crippen LogP contribution is 2.23. The highest BCUT2D eigenvalue weighted by atomic mass is 14.7. The lowest BCUT2D eigenvalue weighted by Crippen LogP contribution is -1.73. The molecule has 2 aromatic carbocycles. The van der Waals surface area contributed by atoms with Crippen molar-refractivity contribution in [2.24, 2.45) is 0 Å². The number of fused-ring (bicyclic) bond motifs is 3. The Morgan fingerprint density at radius 1 is 0.769 bits per heavy atom. The molecule has 0 spiro atoms. The van der Waals surface area contributed by atoms with Crippen LogP contribution in [0.5, 0.6) is 0 Å². The van der Waals surface area contributed by atoms with Gasteiger partial charge in [-0.1, -0.05) is 36.4 Å². The average molecular weight is 167 g/mol. The summed E-state index contributed by atoms with van der Waals surface area (Å²) in [6.45, 7) is 0. The molecule has 13 heavy (non-hydrogen) atoms. The second-order valence-corrected chi connectivity index (χ2v) is 3.23. The van der Waals surface area contributed by atoms with Crippen LogP contribution in [0.4, 0.5) is 0 Å². The number of aromatic nitrogens is 1. The number of nitrogens with one attached hydrogen (secondary N) is 1. The summed E-state index contributed by atoms with van der Waals surface area (Å²) in [5, 5.41) is 3.86. The van der Waals surface area contributed by atoms with Gasteiger partial charge in [-0.25, -0.2) is 0 Å². The van der Waals surface area contributed by atoms with Crippen LogP contribution >= 0.6 is 0 Å². The third-order valence-electron chi connectivity index (χ3n) is 2.45. The standard InChI is InChI=1S/C12H9N/c1-2-4-11-9(3-1)5-6-10-7-8-13-12(10)11/h1-8,13H. The maximum atomic E-state index is 3.26. The Kier molecular flexibility index (Phi) is 1.22. The van der Waals surface area contributed by atoms with Crippen molar-refractivity contribution in [1.82, 2.24) is 4.98 Å². The monoisotopic (exact) mass is 167 g/mol. The molecule has 1 heteroatoms. The molecule has 0 unspecified atom stereocenters. The Morgan fingerprint density at radius 3 is 2.62 bits per heavy atom. The van der Waals surface area contributed by atoms with Crippen molar-refractivity contribution in [3.63, 3.8) is 0 Å². The lowest BCUT2D eigenvalue weighted by atomic mass is 10.1. The number of rotatable bonds is 0. The number of aromatic amines is 1. The van der Waals surface area contributed by atoms with Crippen LogP contribution in [0, 0.1) is 0 Å². The van der Waals surface area contributed by atoms with Crippen LogP contribution in [0.15, 0.2) is 48.7 Å². The molecule has 62 valence electrons. The number of hydrogen-bond donors (Lipinski definition) is 1. The van der Waals surface area contributed by atoms with Gasteiger partial charge in [0.1, 0.15) is 0 Å². The van der Waals surface area contributed by atoms with Gasteiger partial charge in [-0.05, 0) is 11.5 Å². The van der Waals surface area contributed by atoms with Gasteiger partial charge < -0.3 is 4.98 Å². The van der Waals surface area contributed by atoms with Crippen LogP contribution in [-0.2, 0) is 0 Å². The van der Waals surface area contributed by atoms with Gasteiger partial charge in [-0.3, -0.25) is 0 Å². The van der Waals surface area contributed by atoms with Crippen molar-refractivity contribution in [2.75, 3.05) is 0 Å². The molecule has 0 aliphatic rings. The van der Waals surface area contributed by atoms with Gasteiger partial charge in [0.05, 0.1) is 5.52 Å². The fourth-order valence-electron chi connectivity index (χ4n) is 1.80. The van der Waals surface area contributed by atoms with Crippen LogP contribution in [0.1, 0.15) is 0 Å². The normalized spacial score (nSPS) is 11.1. The molecule has 0 fully saturated rings. The Morgan fingerprint density at radius 2 is 1.62 bits per heavy atom. The highest BCUT2D eigenvalue weighted by molar-refractivity contribution is 6.05. The molecule has 0 bridgehead atoms.